The van der Waals surface area contributed by atoms with Crippen molar-refractivity contribution in [1.29, 1.82) is 0 Å². The Bertz CT molecular complexity index is 1030. The number of benzene rings is 2. The lowest BCUT2D eigenvalue weighted by atomic mass is 9.78. The number of hydrogen-bond acceptors (Lipinski definition) is 5. The summed E-state index contributed by atoms with van der Waals surface area (Å²) in [5, 5.41) is 31.0. The van der Waals surface area contributed by atoms with Gasteiger partial charge in [0.25, 0.3) is 0 Å². The molecule has 3 rings (SSSR count). The number of nitrogens with one attached hydrogen (secondary N) is 1. The van der Waals surface area contributed by atoms with E-state index in [0.29, 0.717) is 18.9 Å². The third-order valence-electron chi connectivity index (χ3n) is 7.02. The molecule has 1 aliphatic rings. The van der Waals surface area contributed by atoms with Crippen molar-refractivity contribution in [3.05, 3.63) is 65.7 Å². The molecule has 0 spiro atoms. The maximum absolute atomic E-state index is 13.3. The lowest BCUT2D eigenvalue weighted by Gasteiger charge is -2.45. The number of amides is 1. The van der Waals surface area contributed by atoms with Crippen LogP contribution in [-0.4, -0.2) is 57.2 Å². The molecule has 4 N–H and O–H groups in total. The Labute approximate surface area is 205 Å². The second-order valence-electron chi connectivity index (χ2n) is 9.54. The number of phenols is 1. The number of piperidine rings is 1. The predicted octanol–water partition coefficient (Wildman–Crippen LogP) is 3.31. The van der Waals surface area contributed by atoms with Crippen molar-refractivity contribution >= 4 is 17.8 Å². The summed E-state index contributed by atoms with van der Waals surface area (Å²) in [6.07, 6.45) is 0.648. The van der Waals surface area contributed by atoms with E-state index in [-0.39, 0.29) is 17.7 Å². The molecular weight excluding hydrogens is 448 g/mol. The smallest absolute Gasteiger partial charge is 0.326 e. The van der Waals surface area contributed by atoms with Crippen LogP contribution in [0.25, 0.3) is 0 Å². The number of aliphatic carboxylic acids is 2. The number of rotatable bonds is 10. The number of hydrogen-bond donors (Lipinski definition) is 4. The summed E-state index contributed by atoms with van der Waals surface area (Å²) in [5.41, 5.74) is 1.90. The van der Waals surface area contributed by atoms with Gasteiger partial charge in [0.05, 0.1) is 12.3 Å². The van der Waals surface area contributed by atoms with Gasteiger partial charge >= 0.3 is 11.9 Å². The SMILES string of the molecule is C[C@@H]1CCN(C[C@H](Cc2ccccc2)C(=O)N[C@@H](CC(=O)O)C(=O)O)C(c2cccc(O)c2)[C@@H]1C. The molecule has 1 aliphatic heterocycles. The van der Waals surface area contributed by atoms with Crippen molar-refractivity contribution < 1.29 is 29.7 Å². The summed E-state index contributed by atoms with van der Waals surface area (Å²) in [5.74, 6) is -2.84. The Hall–Kier alpha value is -3.39. The van der Waals surface area contributed by atoms with E-state index in [2.05, 4.69) is 24.1 Å². The fourth-order valence-corrected chi connectivity index (χ4v) is 4.93. The van der Waals surface area contributed by atoms with Crippen LogP contribution in [0, 0.1) is 17.8 Å². The van der Waals surface area contributed by atoms with Crippen LogP contribution in [-0.2, 0) is 20.8 Å². The summed E-state index contributed by atoms with van der Waals surface area (Å²) in [6, 6.07) is 15.1. The molecule has 0 aromatic heterocycles. The molecule has 8 nitrogen and oxygen atoms in total. The van der Waals surface area contributed by atoms with Gasteiger partial charge in [-0.25, -0.2) is 4.79 Å². The van der Waals surface area contributed by atoms with Crippen LogP contribution in [0.3, 0.4) is 0 Å². The van der Waals surface area contributed by atoms with Crippen LogP contribution in [0.15, 0.2) is 54.6 Å². The molecule has 0 aliphatic carbocycles. The van der Waals surface area contributed by atoms with Gasteiger partial charge in [0.1, 0.15) is 11.8 Å². The van der Waals surface area contributed by atoms with Crippen LogP contribution in [0.1, 0.15) is 43.9 Å². The summed E-state index contributed by atoms with van der Waals surface area (Å²) in [6.45, 7) is 5.50. The zero-order valence-electron chi connectivity index (χ0n) is 20.1. The van der Waals surface area contributed by atoms with E-state index < -0.39 is 36.2 Å². The molecule has 1 amide bonds. The lowest BCUT2D eigenvalue weighted by Crippen LogP contribution is -2.50. The van der Waals surface area contributed by atoms with Crippen LogP contribution >= 0.6 is 0 Å². The maximum Gasteiger partial charge on any atom is 0.326 e. The van der Waals surface area contributed by atoms with E-state index in [9.17, 15) is 24.6 Å². The molecule has 5 atom stereocenters. The summed E-state index contributed by atoms with van der Waals surface area (Å²) < 4.78 is 0. The molecule has 0 radical (unpaired) electrons. The zero-order chi connectivity index (χ0) is 25.5. The van der Waals surface area contributed by atoms with Gasteiger partial charge in [-0.05, 0) is 54.5 Å². The molecule has 1 saturated heterocycles. The van der Waals surface area contributed by atoms with Gasteiger partial charge in [0.15, 0.2) is 0 Å². The molecule has 188 valence electrons. The minimum Gasteiger partial charge on any atom is -0.508 e. The number of carbonyl (C=O) groups excluding carboxylic acids is 1. The van der Waals surface area contributed by atoms with Crippen molar-refractivity contribution in [2.45, 2.75) is 45.2 Å². The molecule has 2 aromatic rings. The monoisotopic (exact) mass is 482 g/mol. The first-order chi connectivity index (χ1) is 16.7. The second kappa shape index (κ2) is 11.8. The molecule has 1 unspecified atom stereocenters. The van der Waals surface area contributed by atoms with E-state index in [1.807, 2.05) is 42.5 Å². The fraction of sp³-hybridized carbons (Fsp3) is 0.444. The van der Waals surface area contributed by atoms with E-state index in [1.165, 1.54) is 0 Å². The number of carbonyl (C=O) groups is 3. The predicted molar refractivity (Wildman–Crippen MR) is 131 cm³/mol. The molecular formula is C27H34N2O6. The summed E-state index contributed by atoms with van der Waals surface area (Å²) >= 11 is 0. The third kappa shape index (κ3) is 7.05. The van der Waals surface area contributed by atoms with Crippen molar-refractivity contribution in [2.75, 3.05) is 13.1 Å². The van der Waals surface area contributed by atoms with E-state index in [1.54, 1.807) is 12.1 Å². The van der Waals surface area contributed by atoms with Gasteiger partial charge in [-0.1, -0.05) is 56.3 Å². The number of aromatic hydroxyl groups is 1. The highest BCUT2D eigenvalue weighted by atomic mass is 16.4. The Kier molecular flexibility index (Phi) is 8.87. The van der Waals surface area contributed by atoms with Crippen LogP contribution in [0.5, 0.6) is 5.75 Å². The largest absolute Gasteiger partial charge is 0.508 e. The van der Waals surface area contributed by atoms with Gasteiger partial charge in [0, 0.05) is 12.6 Å². The standard InChI is InChI=1S/C27H34N2O6/c1-17-11-12-29(25(18(17)2)20-9-6-10-22(30)14-20)16-21(13-19-7-4-3-5-8-19)26(33)28-23(27(34)35)15-24(31)32/h3-10,14,17-18,21,23,25,30H,11-13,15-16H2,1-2H3,(H,28,33)(H,31,32)(H,34,35)/t17-,18-,21+,23+,25?/m1/s1. The lowest BCUT2D eigenvalue weighted by molar-refractivity contribution is -0.147. The first-order valence-corrected chi connectivity index (χ1v) is 12.0. The maximum atomic E-state index is 13.3. The quantitative estimate of drug-likeness (QED) is 0.409. The highest BCUT2D eigenvalue weighted by Gasteiger charge is 2.37. The third-order valence-corrected chi connectivity index (χ3v) is 7.02. The van der Waals surface area contributed by atoms with Gasteiger partial charge in [0.2, 0.25) is 5.91 Å². The molecule has 0 bridgehead atoms. The van der Waals surface area contributed by atoms with E-state index in [0.717, 1.165) is 24.1 Å². The van der Waals surface area contributed by atoms with Crippen molar-refractivity contribution in [3.8, 4) is 5.75 Å². The fourth-order valence-electron chi connectivity index (χ4n) is 4.93. The molecule has 1 fully saturated rings. The number of likely N-dealkylation sites (tertiary alicyclic amines) is 1. The molecule has 8 heteroatoms. The Morgan fingerprint density at radius 1 is 1.06 bits per heavy atom. The second-order valence-corrected chi connectivity index (χ2v) is 9.54. The zero-order valence-corrected chi connectivity index (χ0v) is 20.1. The van der Waals surface area contributed by atoms with Crippen LogP contribution in [0.4, 0.5) is 0 Å². The number of carboxylic acid groups (broad SMARTS) is 2. The van der Waals surface area contributed by atoms with Crippen LogP contribution in [0.2, 0.25) is 0 Å². The minimum atomic E-state index is -1.50. The average molecular weight is 483 g/mol. The van der Waals surface area contributed by atoms with E-state index in [4.69, 9.17) is 5.11 Å². The Morgan fingerprint density at radius 3 is 2.40 bits per heavy atom. The minimum absolute atomic E-state index is 0.0220. The van der Waals surface area contributed by atoms with Gasteiger partial charge < -0.3 is 20.6 Å². The van der Waals surface area contributed by atoms with Crippen molar-refractivity contribution in [2.24, 2.45) is 17.8 Å². The van der Waals surface area contributed by atoms with Crippen molar-refractivity contribution in [3.63, 3.8) is 0 Å². The van der Waals surface area contributed by atoms with Gasteiger partial charge in [-0.2, -0.15) is 0 Å². The topological polar surface area (TPSA) is 127 Å². The summed E-state index contributed by atoms with van der Waals surface area (Å²) in [4.78, 5) is 38.3. The van der Waals surface area contributed by atoms with Crippen molar-refractivity contribution in [1.82, 2.24) is 10.2 Å². The highest BCUT2D eigenvalue weighted by Crippen LogP contribution is 2.40. The summed E-state index contributed by atoms with van der Waals surface area (Å²) in [7, 11) is 0. The molecule has 2 aromatic carbocycles. The number of phenolic OH excluding ortho intramolecular Hbond substituents is 1. The van der Waals surface area contributed by atoms with Gasteiger partial charge in [-0.15, -0.1) is 0 Å². The number of nitrogens with zero attached hydrogens (tertiary/aromatic N) is 1. The Morgan fingerprint density at radius 2 is 1.77 bits per heavy atom. The van der Waals surface area contributed by atoms with E-state index >= 15 is 0 Å². The highest BCUT2D eigenvalue weighted by molar-refractivity contribution is 5.88. The van der Waals surface area contributed by atoms with Gasteiger partial charge in [-0.3, -0.25) is 14.5 Å². The number of carboxylic acids is 2. The molecule has 0 saturated carbocycles. The molecule has 1 heterocycles. The first kappa shape index (κ1) is 26.2. The van der Waals surface area contributed by atoms with Crippen LogP contribution < -0.4 is 5.32 Å². The first-order valence-electron chi connectivity index (χ1n) is 12.0. The average Bonchev–Trinajstić information content (AvgIpc) is 2.81. The molecule has 35 heavy (non-hydrogen) atoms. The Balaban J connectivity index is 1.89. The normalized spacial score (nSPS) is 22.2.